The number of ether oxygens (including phenoxy) is 1. The molecule has 0 spiro atoms. The summed E-state index contributed by atoms with van der Waals surface area (Å²) in [5.41, 5.74) is 1.49. The molecule has 1 heterocycles. The molecule has 3 rings (SSSR count). The summed E-state index contributed by atoms with van der Waals surface area (Å²) >= 11 is 0. The molecule has 0 radical (unpaired) electrons. The van der Waals surface area contributed by atoms with Gasteiger partial charge in [-0.05, 0) is 30.2 Å². The number of fused-ring (bicyclic) bond motifs is 1. The van der Waals surface area contributed by atoms with E-state index in [1.807, 2.05) is 30.3 Å². The van der Waals surface area contributed by atoms with Crippen molar-refractivity contribution in [3.8, 4) is 16.9 Å². The monoisotopic (exact) mass is 309 g/mol. The molecule has 2 aromatic carbocycles. The van der Waals surface area contributed by atoms with Crippen LogP contribution in [0.15, 0.2) is 63.8 Å². The van der Waals surface area contributed by atoms with Gasteiger partial charge in [-0.2, -0.15) is 0 Å². The molecule has 1 unspecified atom stereocenters. The Bertz CT molecular complexity index is 912. The van der Waals surface area contributed by atoms with Gasteiger partial charge in [-0.25, -0.2) is 4.79 Å². The topological polar surface area (TPSA) is 79.6 Å². The Morgan fingerprint density at radius 2 is 1.87 bits per heavy atom. The second-order valence-corrected chi connectivity index (χ2v) is 5.08. The van der Waals surface area contributed by atoms with Crippen LogP contribution in [0.3, 0.4) is 0 Å². The van der Waals surface area contributed by atoms with Gasteiger partial charge in [0.1, 0.15) is 17.4 Å². The Labute approximate surface area is 131 Å². The molecule has 0 saturated carbocycles. The lowest BCUT2D eigenvalue weighted by Gasteiger charge is -2.15. The van der Waals surface area contributed by atoms with E-state index in [-0.39, 0.29) is 0 Å². The minimum atomic E-state index is -1.32. The van der Waals surface area contributed by atoms with Gasteiger partial charge in [-0.1, -0.05) is 30.3 Å². The highest BCUT2D eigenvalue weighted by Crippen LogP contribution is 2.29. The summed E-state index contributed by atoms with van der Waals surface area (Å²) in [4.78, 5) is 22.6. The predicted octanol–water partition coefficient (Wildman–Crippen LogP) is 1.98. The van der Waals surface area contributed by atoms with Crippen molar-refractivity contribution in [3.05, 3.63) is 65.0 Å². The first-order valence-electron chi connectivity index (χ1n) is 7.05. The number of carbonyl (C=O) groups is 1. The van der Waals surface area contributed by atoms with Gasteiger partial charge < -0.3 is 19.1 Å². The van der Waals surface area contributed by atoms with Crippen LogP contribution in [0.4, 0.5) is 0 Å². The maximum absolute atomic E-state index is 11.8. The summed E-state index contributed by atoms with van der Waals surface area (Å²) in [5, 5.41) is 11.5. The van der Waals surface area contributed by atoms with Crippen molar-refractivity contribution in [2.45, 2.75) is 13.0 Å². The average Bonchev–Trinajstić information content (AvgIpc) is 2.54. The zero-order valence-electron chi connectivity index (χ0n) is 12.3. The summed E-state index contributed by atoms with van der Waals surface area (Å²) in [6.07, 6.45) is -1.10. The Hall–Kier alpha value is -3.08. The Balaban J connectivity index is 2.11. The molecule has 116 valence electrons. The minimum absolute atomic E-state index is 0.294. The van der Waals surface area contributed by atoms with Crippen LogP contribution in [0, 0.1) is 0 Å². The highest BCUT2D eigenvalue weighted by atomic mass is 16.5. The number of hydrogen-bond acceptors (Lipinski definition) is 5. The van der Waals surface area contributed by atoms with Crippen LogP contribution in [0.1, 0.15) is 6.92 Å². The molecule has 23 heavy (non-hydrogen) atoms. The molecule has 5 heteroatoms. The molecular weight excluding hydrogens is 296 g/mol. The zero-order chi connectivity index (χ0) is 16.4. The first-order chi connectivity index (χ1) is 11.0. The van der Waals surface area contributed by atoms with Gasteiger partial charge in [-0.15, -0.1) is 0 Å². The molecular formula is C18H13O5-. The predicted molar refractivity (Wildman–Crippen MR) is 83.0 cm³/mol. The Morgan fingerprint density at radius 1 is 1.13 bits per heavy atom. The SMILES string of the molecule is CC(Oc1ccc2c(-c3ccccc3)cc(=O)oc2c1)C(=O)[O-]. The number of rotatable bonds is 4. The van der Waals surface area contributed by atoms with Crippen LogP contribution in [0.25, 0.3) is 22.1 Å². The quantitative estimate of drug-likeness (QED) is 0.688. The lowest BCUT2D eigenvalue weighted by molar-refractivity contribution is -0.312. The van der Waals surface area contributed by atoms with Crippen LogP contribution >= 0.6 is 0 Å². The standard InChI is InChI=1S/C18H14O5/c1-11(18(20)21)22-13-7-8-14-15(12-5-3-2-4-6-12)10-17(19)23-16(14)9-13/h2-11H,1H3,(H,20,21)/p-1. The molecule has 0 saturated heterocycles. The fraction of sp³-hybridized carbons (Fsp3) is 0.111. The normalized spacial score (nSPS) is 12.0. The molecule has 1 aromatic heterocycles. The van der Waals surface area contributed by atoms with E-state index in [1.54, 1.807) is 12.1 Å². The summed E-state index contributed by atoms with van der Waals surface area (Å²) in [7, 11) is 0. The fourth-order valence-corrected chi connectivity index (χ4v) is 2.33. The minimum Gasteiger partial charge on any atom is -0.546 e. The highest BCUT2D eigenvalue weighted by molar-refractivity contribution is 5.93. The van der Waals surface area contributed by atoms with Crippen molar-refractivity contribution >= 4 is 16.9 Å². The number of hydrogen-bond donors (Lipinski definition) is 0. The summed E-state index contributed by atoms with van der Waals surface area (Å²) in [6.45, 7) is 1.37. The van der Waals surface area contributed by atoms with Crippen LogP contribution in [-0.2, 0) is 4.79 Å². The average molecular weight is 309 g/mol. The molecule has 0 N–H and O–H groups in total. The molecule has 0 aliphatic heterocycles. The van der Waals surface area contributed by atoms with Crippen LogP contribution in [-0.4, -0.2) is 12.1 Å². The van der Waals surface area contributed by atoms with E-state index < -0.39 is 17.7 Å². The molecule has 1 atom stereocenters. The third-order valence-corrected chi connectivity index (χ3v) is 3.45. The first kappa shape index (κ1) is 14.8. The molecule has 5 nitrogen and oxygen atoms in total. The van der Waals surface area contributed by atoms with Gasteiger partial charge in [0.15, 0.2) is 0 Å². The van der Waals surface area contributed by atoms with Crippen LogP contribution in [0.5, 0.6) is 5.75 Å². The third-order valence-electron chi connectivity index (χ3n) is 3.45. The summed E-state index contributed by atoms with van der Waals surface area (Å²) in [6, 6.07) is 15.8. The molecule has 0 aliphatic rings. The summed E-state index contributed by atoms with van der Waals surface area (Å²) in [5.74, 6) is -1.02. The largest absolute Gasteiger partial charge is 0.546 e. The van der Waals surface area contributed by atoms with E-state index in [0.717, 1.165) is 16.5 Å². The van der Waals surface area contributed by atoms with Gasteiger partial charge in [-0.3, -0.25) is 0 Å². The van der Waals surface area contributed by atoms with Crippen molar-refractivity contribution in [3.63, 3.8) is 0 Å². The fourth-order valence-electron chi connectivity index (χ4n) is 2.33. The smallest absolute Gasteiger partial charge is 0.336 e. The van der Waals surface area contributed by atoms with Crippen molar-refractivity contribution in [1.82, 2.24) is 0 Å². The maximum atomic E-state index is 11.8. The lowest BCUT2D eigenvalue weighted by Crippen LogP contribution is -2.37. The highest BCUT2D eigenvalue weighted by Gasteiger charge is 2.10. The van der Waals surface area contributed by atoms with Gasteiger partial charge >= 0.3 is 5.63 Å². The molecule has 0 aliphatic carbocycles. The third kappa shape index (κ3) is 3.08. The molecule has 0 bridgehead atoms. The second-order valence-electron chi connectivity index (χ2n) is 5.08. The lowest BCUT2D eigenvalue weighted by atomic mass is 10.0. The van der Waals surface area contributed by atoms with Crippen LogP contribution in [0.2, 0.25) is 0 Å². The van der Waals surface area contributed by atoms with Gasteiger partial charge in [0.2, 0.25) is 0 Å². The van der Waals surface area contributed by atoms with Crippen molar-refractivity contribution in [2.24, 2.45) is 0 Å². The number of carbonyl (C=O) groups excluding carboxylic acids is 1. The first-order valence-corrected chi connectivity index (χ1v) is 7.05. The van der Waals surface area contributed by atoms with E-state index in [9.17, 15) is 14.7 Å². The summed E-state index contributed by atoms with van der Waals surface area (Å²) < 4.78 is 10.5. The van der Waals surface area contributed by atoms with Gasteiger partial charge in [0.05, 0.1) is 5.97 Å². The van der Waals surface area contributed by atoms with E-state index in [0.29, 0.717) is 11.3 Å². The Kier molecular flexibility index (Phi) is 3.85. The van der Waals surface area contributed by atoms with E-state index in [2.05, 4.69) is 0 Å². The van der Waals surface area contributed by atoms with E-state index in [4.69, 9.17) is 9.15 Å². The van der Waals surface area contributed by atoms with Crippen molar-refractivity contribution < 1.29 is 19.1 Å². The second kappa shape index (κ2) is 5.96. The van der Waals surface area contributed by atoms with Crippen molar-refractivity contribution in [2.75, 3.05) is 0 Å². The van der Waals surface area contributed by atoms with Crippen molar-refractivity contribution in [1.29, 1.82) is 0 Å². The number of carboxylic acid groups (broad SMARTS) is 1. The zero-order valence-corrected chi connectivity index (χ0v) is 12.3. The van der Waals surface area contributed by atoms with Crippen LogP contribution < -0.4 is 15.5 Å². The maximum Gasteiger partial charge on any atom is 0.336 e. The Morgan fingerprint density at radius 3 is 2.57 bits per heavy atom. The van der Waals surface area contributed by atoms with Gasteiger partial charge in [0, 0.05) is 17.5 Å². The molecule has 3 aromatic rings. The number of carboxylic acids is 1. The molecule has 0 fully saturated rings. The van der Waals surface area contributed by atoms with E-state index >= 15 is 0 Å². The molecule has 0 amide bonds. The van der Waals surface area contributed by atoms with Gasteiger partial charge in [0.25, 0.3) is 0 Å². The number of benzene rings is 2. The van der Waals surface area contributed by atoms with E-state index in [1.165, 1.54) is 19.1 Å². The number of aliphatic carboxylic acids is 1.